The van der Waals surface area contributed by atoms with E-state index in [-0.39, 0.29) is 0 Å². The van der Waals surface area contributed by atoms with Crippen LogP contribution in [-0.4, -0.2) is 4.57 Å². The molecule has 1 heterocycles. The van der Waals surface area contributed by atoms with Crippen LogP contribution in [0.1, 0.15) is 11.1 Å². The first-order valence-corrected chi connectivity index (χ1v) is 6.12. The van der Waals surface area contributed by atoms with Crippen molar-refractivity contribution in [3.8, 4) is 0 Å². The van der Waals surface area contributed by atoms with E-state index in [1.165, 1.54) is 22.0 Å². The maximum atomic E-state index is 5.79. The number of rotatable bonds is 2. The number of aryl methyl sites for hydroxylation is 1. The second-order valence-corrected chi connectivity index (χ2v) is 4.75. The van der Waals surface area contributed by atoms with Crippen molar-refractivity contribution < 1.29 is 0 Å². The average Bonchev–Trinajstić information content (AvgIpc) is 2.74. The number of nitrogen functional groups attached to an aromatic ring is 1. The van der Waals surface area contributed by atoms with Crippen molar-refractivity contribution in [3.05, 3.63) is 65.9 Å². The lowest BCUT2D eigenvalue weighted by atomic mass is 10.1. The third kappa shape index (κ3) is 1.97. The predicted octanol–water partition coefficient (Wildman–Crippen LogP) is 3.58. The van der Waals surface area contributed by atoms with Gasteiger partial charge in [0, 0.05) is 29.3 Å². The minimum atomic E-state index is 0.815. The van der Waals surface area contributed by atoms with Crippen LogP contribution in [-0.2, 0) is 6.54 Å². The van der Waals surface area contributed by atoms with Crippen LogP contribution in [0.25, 0.3) is 10.9 Å². The van der Waals surface area contributed by atoms with Crippen molar-refractivity contribution in [2.24, 2.45) is 0 Å². The van der Waals surface area contributed by atoms with Gasteiger partial charge in [-0.1, -0.05) is 29.8 Å². The quantitative estimate of drug-likeness (QED) is 0.677. The van der Waals surface area contributed by atoms with Crippen LogP contribution in [0.15, 0.2) is 54.7 Å². The van der Waals surface area contributed by atoms with Gasteiger partial charge in [-0.15, -0.1) is 0 Å². The summed E-state index contributed by atoms with van der Waals surface area (Å²) >= 11 is 0. The van der Waals surface area contributed by atoms with Crippen molar-refractivity contribution in [2.75, 3.05) is 5.73 Å². The summed E-state index contributed by atoms with van der Waals surface area (Å²) in [6, 6.07) is 16.8. The number of hydrogen-bond donors (Lipinski definition) is 1. The molecule has 0 aliphatic carbocycles. The van der Waals surface area contributed by atoms with Gasteiger partial charge in [-0.25, -0.2) is 0 Å². The van der Waals surface area contributed by atoms with Crippen molar-refractivity contribution in [3.63, 3.8) is 0 Å². The van der Waals surface area contributed by atoms with Crippen LogP contribution in [0.3, 0.4) is 0 Å². The lowest BCUT2D eigenvalue weighted by Gasteiger charge is -2.06. The molecule has 0 radical (unpaired) electrons. The molecule has 90 valence electrons. The molecule has 0 saturated carbocycles. The first-order valence-electron chi connectivity index (χ1n) is 6.12. The minimum Gasteiger partial charge on any atom is -0.399 e. The molecule has 0 aliphatic rings. The van der Waals surface area contributed by atoms with E-state index in [2.05, 4.69) is 54.1 Å². The zero-order valence-corrected chi connectivity index (χ0v) is 10.4. The Morgan fingerprint density at radius 3 is 2.56 bits per heavy atom. The SMILES string of the molecule is Cc1ccc(Cn2ccc3cc(N)ccc32)cc1. The third-order valence-corrected chi connectivity index (χ3v) is 3.27. The summed E-state index contributed by atoms with van der Waals surface area (Å²) in [5.41, 5.74) is 10.4. The zero-order valence-electron chi connectivity index (χ0n) is 10.4. The van der Waals surface area contributed by atoms with Gasteiger partial charge in [0.15, 0.2) is 0 Å². The van der Waals surface area contributed by atoms with Crippen LogP contribution in [0.5, 0.6) is 0 Å². The Hall–Kier alpha value is -2.22. The second kappa shape index (κ2) is 4.22. The van der Waals surface area contributed by atoms with Crippen LogP contribution >= 0.6 is 0 Å². The Balaban J connectivity index is 1.97. The Kier molecular flexibility index (Phi) is 2.56. The number of fused-ring (bicyclic) bond motifs is 1. The average molecular weight is 236 g/mol. The van der Waals surface area contributed by atoms with Crippen molar-refractivity contribution in [2.45, 2.75) is 13.5 Å². The highest BCUT2D eigenvalue weighted by Gasteiger charge is 2.02. The van der Waals surface area contributed by atoms with E-state index < -0.39 is 0 Å². The summed E-state index contributed by atoms with van der Waals surface area (Å²) in [7, 11) is 0. The van der Waals surface area contributed by atoms with E-state index in [0.29, 0.717) is 0 Å². The summed E-state index contributed by atoms with van der Waals surface area (Å²) < 4.78 is 2.25. The largest absolute Gasteiger partial charge is 0.399 e. The molecule has 3 aromatic rings. The molecule has 3 rings (SSSR count). The van der Waals surface area contributed by atoms with Gasteiger partial charge in [0.25, 0.3) is 0 Å². The molecule has 0 unspecified atom stereocenters. The summed E-state index contributed by atoms with van der Waals surface area (Å²) in [5, 5.41) is 1.20. The summed E-state index contributed by atoms with van der Waals surface area (Å²) in [6.45, 7) is 3.01. The highest BCUT2D eigenvalue weighted by molar-refractivity contribution is 5.83. The molecule has 1 aromatic heterocycles. The van der Waals surface area contributed by atoms with Crippen LogP contribution < -0.4 is 5.73 Å². The van der Waals surface area contributed by atoms with Crippen LogP contribution in [0.2, 0.25) is 0 Å². The molecule has 0 bridgehead atoms. The first-order chi connectivity index (χ1) is 8.72. The highest BCUT2D eigenvalue weighted by atomic mass is 14.9. The number of nitrogens with zero attached hydrogens (tertiary/aromatic N) is 1. The molecular formula is C16H16N2. The number of hydrogen-bond acceptors (Lipinski definition) is 1. The Morgan fingerprint density at radius 2 is 1.78 bits per heavy atom. The van der Waals surface area contributed by atoms with Crippen molar-refractivity contribution >= 4 is 16.6 Å². The summed E-state index contributed by atoms with van der Waals surface area (Å²) in [5.74, 6) is 0. The van der Waals surface area contributed by atoms with Gasteiger partial charge in [0.05, 0.1) is 0 Å². The molecule has 0 spiro atoms. The van der Waals surface area contributed by atoms with Gasteiger partial charge in [0.1, 0.15) is 0 Å². The monoisotopic (exact) mass is 236 g/mol. The lowest BCUT2D eigenvalue weighted by Crippen LogP contribution is -1.97. The molecule has 18 heavy (non-hydrogen) atoms. The van der Waals surface area contributed by atoms with Gasteiger partial charge >= 0.3 is 0 Å². The Morgan fingerprint density at radius 1 is 1.00 bits per heavy atom. The van der Waals surface area contributed by atoms with E-state index in [4.69, 9.17) is 5.73 Å². The molecule has 2 aromatic carbocycles. The number of anilines is 1. The predicted molar refractivity (Wildman–Crippen MR) is 76.6 cm³/mol. The van der Waals surface area contributed by atoms with E-state index in [1.54, 1.807) is 0 Å². The fourth-order valence-electron chi connectivity index (χ4n) is 2.25. The van der Waals surface area contributed by atoms with E-state index in [1.807, 2.05) is 12.1 Å². The summed E-state index contributed by atoms with van der Waals surface area (Å²) in [4.78, 5) is 0. The molecule has 0 aliphatic heterocycles. The zero-order chi connectivity index (χ0) is 12.5. The van der Waals surface area contributed by atoms with E-state index in [9.17, 15) is 0 Å². The molecule has 2 nitrogen and oxygen atoms in total. The molecule has 0 amide bonds. The van der Waals surface area contributed by atoms with Gasteiger partial charge < -0.3 is 10.3 Å². The standard InChI is InChI=1S/C16H16N2/c1-12-2-4-13(5-3-12)11-18-9-8-14-10-15(17)6-7-16(14)18/h2-10H,11,17H2,1H3. The van der Waals surface area contributed by atoms with Gasteiger partial charge in [-0.3, -0.25) is 0 Å². The second-order valence-electron chi connectivity index (χ2n) is 4.75. The van der Waals surface area contributed by atoms with Crippen molar-refractivity contribution in [1.29, 1.82) is 0 Å². The molecule has 0 saturated heterocycles. The summed E-state index contributed by atoms with van der Waals surface area (Å²) in [6.07, 6.45) is 2.12. The molecule has 0 fully saturated rings. The van der Waals surface area contributed by atoms with Gasteiger partial charge in [0.2, 0.25) is 0 Å². The fraction of sp³-hybridized carbons (Fsp3) is 0.125. The molecule has 0 atom stereocenters. The molecule has 2 heteroatoms. The maximum absolute atomic E-state index is 5.79. The van der Waals surface area contributed by atoms with Gasteiger partial charge in [-0.05, 0) is 36.8 Å². The third-order valence-electron chi connectivity index (χ3n) is 3.27. The lowest BCUT2D eigenvalue weighted by molar-refractivity contribution is 0.836. The normalized spacial score (nSPS) is 10.9. The van der Waals surface area contributed by atoms with Crippen LogP contribution in [0.4, 0.5) is 5.69 Å². The topological polar surface area (TPSA) is 30.9 Å². The van der Waals surface area contributed by atoms with E-state index >= 15 is 0 Å². The van der Waals surface area contributed by atoms with E-state index in [0.717, 1.165) is 12.2 Å². The van der Waals surface area contributed by atoms with Gasteiger partial charge in [-0.2, -0.15) is 0 Å². The molecular weight excluding hydrogens is 220 g/mol. The first kappa shape index (κ1) is 10.9. The van der Waals surface area contributed by atoms with Crippen molar-refractivity contribution in [1.82, 2.24) is 4.57 Å². The molecule has 2 N–H and O–H groups in total. The number of benzene rings is 2. The highest BCUT2D eigenvalue weighted by Crippen LogP contribution is 2.20. The minimum absolute atomic E-state index is 0.815. The Bertz CT molecular complexity index is 678. The maximum Gasteiger partial charge on any atom is 0.0484 e. The fourth-order valence-corrected chi connectivity index (χ4v) is 2.25. The smallest absolute Gasteiger partial charge is 0.0484 e. The number of nitrogens with two attached hydrogens (primary N) is 1. The number of aromatic nitrogens is 1. The Labute approximate surface area is 107 Å². The van der Waals surface area contributed by atoms with Crippen LogP contribution in [0, 0.1) is 6.92 Å².